The van der Waals surface area contributed by atoms with Crippen molar-refractivity contribution in [3.8, 4) is 0 Å². The molecule has 3 heterocycles. The van der Waals surface area contributed by atoms with E-state index in [4.69, 9.17) is 11.6 Å². The molecule has 11 heteroatoms. The highest BCUT2D eigenvalue weighted by atomic mass is 35.5. The molecule has 0 unspecified atom stereocenters. The quantitative estimate of drug-likeness (QED) is 0.594. The van der Waals surface area contributed by atoms with Crippen molar-refractivity contribution in [1.82, 2.24) is 14.3 Å². The van der Waals surface area contributed by atoms with E-state index >= 15 is 4.39 Å². The first-order chi connectivity index (χ1) is 13.8. The number of rotatable bonds is 5. The van der Waals surface area contributed by atoms with Gasteiger partial charge in [0.1, 0.15) is 11.5 Å². The molecule has 4 rings (SSSR count). The van der Waals surface area contributed by atoms with E-state index in [2.05, 4.69) is 14.7 Å². The molecule has 0 spiro atoms. The largest absolute Gasteiger partial charge is 0.345 e. The number of benzene rings is 1. The fourth-order valence-corrected chi connectivity index (χ4v) is 4.85. The van der Waals surface area contributed by atoms with Crippen LogP contribution >= 0.6 is 11.6 Å². The zero-order chi connectivity index (χ0) is 20.8. The molecule has 1 aliphatic heterocycles. The Bertz CT molecular complexity index is 1220. The average molecular weight is 441 g/mol. The van der Waals surface area contributed by atoms with Gasteiger partial charge >= 0.3 is 10.2 Å². The molecule has 152 valence electrons. The van der Waals surface area contributed by atoms with Crippen molar-refractivity contribution in [3.05, 3.63) is 58.4 Å². The number of hydrogen-bond acceptors (Lipinski definition) is 4. The summed E-state index contributed by atoms with van der Waals surface area (Å²) < 4.78 is 57.5. The van der Waals surface area contributed by atoms with Crippen molar-refractivity contribution >= 4 is 44.3 Å². The number of nitrogens with one attached hydrogen (secondary N) is 2. The molecule has 0 bridgehead atoms. The predicted molar refractivity (Wildman–Crippen MR) is 104 cm³/mol. The Labute approximate surface area is 169 Å². The number of H-pyrrole nitrogens is 1. The SMILES string of the molecule is O=C(c1c(F)ccc(NS(=O)(=O)N2CCCC2)c1F)c1c[nH]c2nccc(Cl)c12. The molecule has 2 N–H and O–H groups in total. The fraction of sp³-hybridized carbons (Fsp3) is 0.222. The lowest BCUT2D eigenvalue weighted by Gasteiger charge is -2.18. The molecule has 7 nitrogen and oxygen atoms in total. The summed E-state index contributed by atoms with van der Waals surface area (Å²) in [5, 5.41) is 0.410. The molecule has 0 saturated carbocycles. The minimum atomic E-state index is -4.01. The normalized spacial score (nSPS) is 15.1. The van der Waals surface area contributed by atoms with Crippen LogP contribution in [0.2, 0.25) is 5.02 Å². The van der Waals surface area contributed by atoms with E-state index in [1.165, 1.54) is 22.8 Å². The van der Waals surface area contributed by atoms with E-state index < -0.39 is 38.9 Å². The van der Waals surface area contributed by atoms with Crippen molar-refractivity contribution in [3.63, 3.8) is 0 Å². The van der Waals surface area contributed by atoms with E-state index in [1.807, 2.05) is 0 Å². The molecule has 0 aliphatic carbocycles. The summed E-state index contributed by atoms with van der Waals surface area (Å²) in [6.45, 7) is 0.621. The van der Waals surface area contributed by atoms with Crippen LogP contribution in [0.1, 0.15) is 28.8 Å². The summed E-state index contributed by atoms with van der Waals surface area (Å²) in [6, 6.07) is 3.23. The van der Waals surface area contributed by atoms with Crippen LogP contribution in [-0.2, 0) is 10.2 Å². The second kappa shape index (κ2) is 7.36. The van der Waals surface area contributed by atoms with Crippen LogP contribution in [0, 0.1) is 11.6 Å². The topological polar surface area (TPSA) is 95.2 Å². The number of ketones is 1. The minimum Gasteiger partial charge on any atom is -0.345 e. The molecule has 0 atom stereocenters. The van der Waals surface area contributed by atoms with Crippen molar-refractivity contribution in [2.75, 3.05) is 17.8 Å². The smallest absolute Gasteiger partial charge is 0.301 e. The number of pyridine rings is 1. The Balaban J connectivity index is 1.76. The summed E-state index contributed by atoms with van der Waals surface area (Å²) in [5.74, 6) is -3.40. The number of halogens is 3. The van der Waals surface area contributed by atoms with Gasteiger partial charge < -0.3 is 4.98 Å². The van der Waals surface area contributed by atoms with Crippen LogP contribution in [0.25, 0.3) is 11.0 Å². The highest BCUT2D eigenvalue weighted by Crippen LogP contribution is 2.30. The lowest BCUT2D eigenvalue weighted by Crippen LogP contribution is -2.33. The van der Waals surface area contributed by atoms with Gasteiger partial charge in [-0.2, -0.15) is 12.7 Å². The van der Waals surface area contributed by atoms with E-state index in [9.17, 15) is 17.6 Å². The maximum absolute atomic E-state index is 15.0. The third-order valence-electron chi connectivity index (χ3n) is 4.73. The van der Waals surface area contributed by atoms with Gasteiger partial charge in [0.15, 0.2) is 5.82 Å². The molecule has 1 fully saturated rings. The van der Waals surface area contributed by atoms with Crippen molar-refractivity contribution in [2.45, 2.75) is 12.8 Å². The Morgan fingerprint density at radius 3 is 2.66 bits per heavy atom. The van der Waals surface area contributed by atoms with E-state index in [-0.39, 0.29) is 21.6 Å². The number of fused-ring (bicyclic) bond motifs is 1. The van der Waals surface area contributed by atoms with Crippen LogP contribution in [0.5, 0.6) is 0 Å². The summed E-state index contributed by atoms with van der Waals surface area (Å²) in [5.41, 5.74) is -1.18. The van der Waals surface area contributed by atoms with Gasteiger partial charge in [0.25, 0.3) is 0 Å². The van der Waals surface area contributed by atoms with Gasteiger partial charge in [-0.3, -0.25) is 9.52 Å². The number of nitrogens with zero attached hydrogens (tertiary/aromatic N) is 2. The summed E-state index contributed by atoms with van der Waals surface area (Å²) in [4.78, 5) is 19.7. The Kier molecular flexibility index (Phi) is 5.01. The average Bonchev–Trinajstić information content (AvgIpc) is 3.35. The number of anilines is 1. The lowest BCUT2D eigenvalue weighted by molar-refractivity contribution is 0.103. The minimum absolute atomic E-state index is 0.0737. The summed E-state index contributed by atoms with van der Waals surface area (Å²) >= 11 is 6.11. The van der Waals surface area contributed by atoms with Gasteiger partial charge in [0.05, 0.1) is 21.8 Å². The third kappa shape index (κ3) is 3.47. The zero-order valence-corrected chi connectivity index (χ0v) is 16.4. The number of carbonyl (C=O) groups excluding carboxylic acids is 1. The fourth-order valence-electron chi connectivity index (χ4n) is 3.30. The maximum atomic E-state index is 15.0. The Hall–Kier alpha value is -2.56. The van der Waals surface area contributed by atoms with Crippen LogP contribution in [0.3, 0.4) is 0 Å². The molecule has 1 saturated heterocycles. The van der Waals surface area contributed by atoms with Gasteiger partial charge in [-0.1, -0.05) is 11.6 Å². The molecule has 2 aromatic heterocycles. The first kappa shape index (κ1) is 19.7. The van der Waals surface area contributed by atoms with E-state index in [0.717, 1.165) is 12.1 Å². The van der Waals surface area contributed by atoms with Crippen molar-refractivity contribution < 1.29 is 22.0 Å². The summed E-state index contributed by atoms with van der Waals surface area (Å²) in [6.07, 6.45) is 4.08. The molecule has 1 aliphatic rings. The molecule has 0 radical (unpaired) electrons. The monoisotopic (exact) mass is 440 g/mol. The van der Waals surface area contributed by atoms with Gasteiger partial charge in [0, 0.05) is 30.9 Å². The number of aromatic amines is 1. The van der Waals surface area contributed by atoms with Gasteiger partial charge in [-0.05, 0) is 31.0 Å². The number of hydrogen-bond donors (Lipinski definition) is 2. The van der Waals surface area contributed by atoms with Crippen molar-refractivity contribution in [1.29, 1.82) is 0 Å². The first-order valence-corrected chi connectivity index (χ1v) is 10.5. The van der Waals surface area contributed by atoms with Crippen LogP contribution in [0.4, 0.5) is 14.5 Å². The number of aromatic nitrogens is 2. The molecule has 0 amide bonds. The van der Waals surface area contributed by atoms with Crippen LogP contribution in [-0.4, -0.2) is 41.6 Å². The van der Waals surface area contributed by atoms with Gasteiger partial charge in [-0.15, -0.1) is 0 Å². The third-order valence-corrected chi connectivity index (χ3v) is 6.57. The summed E-state index contributed by atoms with van der Waals surface area (Å²) in [7, 11) is -4.01. The van der Waals surface area contributed by atoms with Crippen LogP contribution < -0.4 is 4.72 Å². The molecular formula is C18H15ClF2N4O3S. The highest BCUT2D eigenvalue weighted by Gasteiger charge is 2.29. The molecule has 3 aromatic rings. The number of carbonyl (C=O) groups is 1. The standard InChI is InChI=1S/C18H15ClF2N4O3S/c19-11-5-6-22-18-14(11)10(9-23-18)17(26)15-12(20)3-4-13(16(15)21)24-29(27,28)25-7-1-2-8-25/h3-6,9,24H,1-2,7-8H2,(H,22,23). The Morgan fingerprint density at radius 2 is 1.93 bits per heavy atom. The zero-order valence-electron chi connectivity index (χ0n) is 14.9. The molecular weight excluding hydrogens is 426 g/mol. The van der Waals surface area contributed by atoms with Gasteiger partial charge in [-0.25, -0.2) is 13.8 Å². The first-order valence-electron chi connectivity index (χ1n) is 8.72. The van der Waals surface area contributed by atoms with E-state index in [0.29, 0.717) is 25.9 Å². The second-order valence-corrected chi connectivity index (χ2v) is 8.62. The van der Waals surface area contributed by atoms with Crippen molar-refractivity contribution in [2.24, 2.45) is 0 Å². The molecule has 1 aromatic carbocycles. The second-order valence-electron chi connectivity index (χ2n) is 6.55. The van der Waals surface area contributed by atoms with Crippen LogP contribution in [0.15, 0.2) is 30.6 Å². The Morgan fingerprint density at radius 1 is 1.21 bits per heavy atom. The van der Waals surface area contributed by atoms with Gasteiger partial charge in [0.2, 0.25) is 5.78 Å². The lowest BCUT2D eigenvalue weighted by atomic mass is 10.0. The maximum Gasteiger partial charge on any atom is 0.301 e. The molecule has 29 heavy (non-hydrogen) atoms. The predicted octanol–water partition coefficient (Wildman–Crippen LogP) is 3.48. The van der Waals surface area contributed by atoms with E-state index in [1.54, 1.807) is 0 Å². The highest BCUT2D eigenvalue weighted by molar-refractivity contribution is 7.90.